The molecule has 5 heteroatoms. The smallest absolute Gasteiger partial charge is 0.251 e. The molecule has 0 saturated carbocycles. The molecule has 24 heavy (non-hydrogen) atoms. The monoisotopic (exact) mass is 326 g/mol. The normalized spacial score (nSPS) is 17.7. The molecule has 2 aromatic carbocycles. The van der Waals surface area contributed by atoms with Gasteiger partial charge in [-0.05, 0) is 29.8 Å². The second kappa shape index (κ2) is 7.45. The molecule has 1 N–H and O–H groups in total. The van der Waals surface area contributed by atoms with Crippen LogP contribution in [-0.2, 0) is 9.53 Å². The number of fused-ring (bicyclic) bond motifs is 1. The summed E-state index contributed by atoms with van der Waals surface area (Å²) in [5.74, 6) is -0.0899. The average molecular weight is 326 g/mol. The molecule has 1 saturated heterocycles. The summed E-state index contributed by atoms with van der Waals surface area (Å²) in [6.45, 7) is 4.13. The lowest BCUT2D eigenvalue weighted by atomic mass is 10.1. The molecule has 2 aromatic rings. The van der Waals surface area contributed by atoms with E-state index in [1.807, 2.05) is 49.4 Å². The third-order valence-corrected chi connectivity index (χ3v) is 4.23. The van der Waals surface area contributed by atoms with E-state index in [0.29, 0.717) is 38.2 Å². The second-order valence-corrected chi connectivity index (χ2v) is 6.09. The molecule has 0 aliphatic carbocycles. The molecule has 0 unspecified atom stereocenters. The Bertz CT molecular complexity index is 744. The summed E-state index contributed by atoms with van der Waals surface area (Å²) in [5, 5.41) is 4.96. The zero-order valence-corrected chi connectivity index (χ0v) is 13.8. The molecule has 5 nitrogen and oxygen atoms in total. The van der Waals surface area contributed by atoms with E-state index in [1.165, 1.54) is 0 Å². The first-order chi connectivity index (χ1) is 11.6. The van der Waals surface area contributed by atoms with Crippen LogP contribution in [-0.4, -0.2) is 49.1 Å². The minimum atomic E-state index is -0.149. The van der Waals surface area contributed by atoms with Crippen molar-refractivity contribution in [3.05, 3.63) is 48.0 Å². The van der Waals surface area contributed by atoms with E-state index < -0.39 is 0 Å². The Morgan fingerprint density at radius 3 is 2.79 bits per heavy atom. The number of nitrogens with one attached hydrogen (secondary N) is 1. The molecule has 0 spiro atoms. The Hall–Kier alpha value is -2.40. The van der Waals surface area contributed by atoms with Crippen molar-refractivity contribution in [1.82, 2.24) is 10.2 Å². The molecule has 1 heterocycles. The number of benzene rings is 2. The van der Waals surface area contributed by atoms with Gasteiger partial charge in [-0.25, -0.2) is 0 Å². The second-order valence-electron chi connectivity index (χ2n) is 6.09. The van der Waals surface area contributed by atoms with E-state index >= 15 is 0 Å². The van der Waals surface area contributed by atoms with Gasteiger partial charge in [0, 0.05) is 31.6 Å². The highest BCUT2D eigenvalue weighted by atomic mass is 16.5. The fourth-order valence-electron chi connectivity index (χ4n) is 2.92. The first-order valence-corrected chi connectivity index (χ1v) is 8.30. The molecule has 126 valence electrons. The van der Waals surface area contributed by atoms with Gasteiger partial charge in [0.1, 0.15) is 0 Å². The molecule has 1 aliphatic rings. The molecule has 1 aliphatic heterocycles. The first-order valence-electron chi connectivity index (χ1n) is 8.30. The highest BCUT2D eigenvalue weighted by Gasteiger charge is 2.21. The maximum atomic E-state index is 12.2. The highest BCUT2D eigenvalue weighted by molar-refractivity contribution is 5.98. The van der Waals surface area contributed by atoms with Gasteiger partial charge in [-0.2, -0.15) is 0 Å². The SMILES string of the molecule is C[C@@H]1CN(C(=O)CCNC(=O)c2ccc3ccccc3c2)CCO1. The maximum absolute atomic E-state index is 12.2. The van der Waals surface area contributed by atoms with Crippen molar-refractivity contribution >= 4 is 22.6 Å². The highest BCUT2D eigenvalue weighted by Crippen LogP contribution is 2.15. The number of hydrogen-bond donors (Lipinski definition) is 1. The topological polar surface area (TPSA) is 58.6 Å². The van der Waals surface area contributed by atoms with Crippen molar-refractivity contribution < 1.29 is 14.3 Å². The zero-order valence-electron chi connectivity index (χ0n) is 13.8. The van der Waals surface area contributed by atoms with Crippen molar-refractivity contribution in [3.8, 4) is 0 Å². The molecule has 1 fully saturated rings. The summed E-state index contributed by atoms with van der Waals surface area (Å²) in [6.07, 6.45) is 0.390. The van der Waals surface area contributed by atoms with Gasteiger partial charge < -0.3 is 15.0 Å². The van der Waals surface area contributed by atoms with Crippen molar-refractivity contribution in [2.24, 2.45) is 0 Å². The zero-order chi connectivity index (χ0) is 16.9. The number of carbonyl (C=O) groups is 2. The molecule has 0 aromatic heterocycles. The van der Waals surface area contributed by atoms with E-state index in [4.69, 9.17) is 4.74 Å². The van der Waals surface area contributed by atoms with Crippen LogP contribution in [0, 0.1) is 0 Å². The lowest BCUT2D eigenvalue weighted by Gasteiger charge is -2.31. The summed E-state index contributed by atoms with van der Waals surface area (Å²) in [6, 6.07) is 13.5. The Kier molecular flexibility index (Phi) is 5.11. The van der Waals surface area contributed by atoms with Crippen LogP contribution in [0.15, 0.2) is 42.5 Å². The minimum Gasteiger partial charge on any atom is -0.375 e. The lowest BCUT2D eigenvalue weighted by molar-refractivity contribution is -0.137. The van der Waals surface area contributed by atoms with Crippen LogP contribution in [0.2, 0.25) is 0 Å². The predicted octanol–water partition coefficient (Wildman–Crippen LogP) is 2.21. The standard InChI is InChI=1S/C19H22N2O3/c1-14-13-21(10-11-24-14)18(22)8-9-20-19(23)17-7-6-15-4-2-3-5-16(15)12-17/h2-7,12,14H,8-11,13H2,1H3,(H,20,23)/t14-/m1/s1. The number of ether oxygens (including phenoxy) is 1. The summed E-state index contributed by atoms with van der Waals surface area (Å²) >= 11 is 0. The van der Waals surface area contributed by atoms with Gasteiger partial charge >= 0.3 is 0 Å². The fourth-order valence-corrected chi connectivity index (χ4v) is 2.92. The van der Waals surface area contributed by atoms with E-state index in [1.54, 1.807) is 4.90 Å². The number of carbonyl (C=O) groups excluding carboxylic acids is 2. The van der Waals surface area contributed by atoms with Crippen LogP contribution in [0.4, 0.5) is 0 Å². The summed E-state index contributed by atoms with van der Waals surface area (Å²) in [7, 11) is 0. The molecule has 1 atom stereocenters. The van der Waals surface area contributed by atoms with E-state index in [-0.39, 0.29) is 17.9 Å². The quantitative estimate of drug-likeness (QED) is 0.937. The van der Waals surface area contributed by atoms with Crippen LogP contribution in [0.1, 0.15) is 23.7 Å². The lowest BCUT2D eigenvalue weighted by Crippen LogP contribution is -2.45. The van der Waals surface area contributed by atoms with Crippen LogP contribution >= 0.6 is 0 Å². The fraction of sp³-hybridized carbons (Fsp3) is 0.368. The average Bonchev–Trinajstić information content (AvgIpc) is 2.61. The van der Waals surface area contributed by atoms with Gasteiger partial charge in [-0.1, -0.05) is 30.3 Å². The Labute approximate surface area is 141 Å². The van der Waals surface area contributed by atoms with Crippen molar-refractivity contribution in [2.45, 2.75) is 19.4 Å². The van der Waals surface area contributed by atoms with Crippen LogP contribution in [0.3, 0.4) is 0 Å². The molecular formula is C19H22N2O3. The number of rotatable bonds is 4. The van der Waals surface area contributed by atoms with E-state index in [0.717, 1.165) is 10.8 Å². The molecule has 2 amide bonds. The van der Waals surface area contributed by atoms with Crippen molar-refractivity contribution in [1.29, 1.82) is 0 Å². The molecular weight excluding hydrogens is 304 g/mol. The third kappa shape index (κ3) is 3.92. The number of nitrogens with zero attached hydrogens (tertiary/aromatic N) is 1. The first kappa shape index (κ1) is 16.5. The Morgan fingerprint density at radius 2 is 2.00 bits per heavy atom. The van der Waals surface area contributed by atoms with Gasteiger partial charge in [0.2, 0.25) is 5.91 Å². The Morgan fingerprint density at radius 1 is 1.21 bits per heavy atom. The van der Waals surface area contributed by atoms with Gasteiger partial charge in [-0.15, -0.1) is 0 Å². The summed E-state index contributed by atoms with van der Waals surface area (Å²) in [5.41, 5.74) is 0.612. The molecule has 0 bridgehead atoms. The molecule has 3 rings (SSSR count). The third-order valence-electron chi connectivity index (χ3n) is 4.23. The predicted molar refractivity (Wildman–Crippen MR) is 92.9 cm³/mol. The van der Waals surface area contributed by atoms with Gasteiger partial charge in [0.15, 0.2) is 0 Å². The largest absolute Gasteiger partial charge is 0.375 e. The number of amides is 2. The number of morpholine rings is 1. The van der Waals surface area contributed by atoms with E-state index in [2.05, 4.69) is 5.32 Å². The van der Waals surface area contributed by atoms with Crippen molar-refractivity contribution in [3.63, 3.8) is 0 Å². The van der Waals surface area contributed by atoms with E-state index in [9.17, 15) is 9.59 Å². The maximum Gasteiger partial charge on any atom is 0.251 e. The summed E-state index contributed by atoms with van der Waals surface area (Å²) in [4.78, 5) is 26.2. The van der Waals surface area contributed by atoms with Crippen LogP contribution in [0.25, 0.3) is 10.8 Å². The minimum absolute atomic E-state index is 0.0592. The molecule has 0 radical (unpaired) electrons. The number of hydrogen-bond acceptors (Lipinski definition) is 3. The van der Waals surface area contributed by atoms with Gasteiger partial charge in [-0.3, -0.25) is 9.59 Å². The van der Waals surface area contributed by atoms with Crippen LogP contribution < -0.4 is 5.32 Å². The van der Waals surface area contributed by atoms with Crippen molar-refractivity contribution in [2.75, 3.05) is 26.2 Å². The van der Waals surface area contributed by atoms with Gasteiger partial charge in [0.05, 0.1) is 12.7 Å². The van der Waals surface area contributed by atoms with Gasteiger partial charge in [0.25, 0.3) is 5.91 Å². The Balaban J connectivity index is 1.52. The summed E-state index contributed by atoms with van der Waals surface area (Å²) < 4.78 is 5.43. The van der Waals surface area contributed by atoms with Crippen LogP contribution in [0.5, 0.6) is 0 Å².